The number of ether oxygens (including phenoxy) is 4. The van der Waals surface area contributed by atoms with Crippen molar-refractivity contribution in [2.24, 2.45) is 0 Å². The van der Waals surface area contributed by atoms with Crippen LogP contribution in [0.1, 0.15) is 34.5 Å². The van der Waals surface area contributed by atoms with Crippen molar-refractivity contribution in [2.75, 3.05) is 32.8 Å². The van der Waals surface area contributed by atoms with Gasteiger partial charge in [0, 0.05) is 5.69 Å². The summed E-state index contributed by atoms with van der Waals surface area (Å²) in [7, 11) is 4.18. The number of aliphatic hydroxyl groups is 1. The molecule has 1 heterocycles. The third kappa shape index (κ3) is 5.05. The Hall–Kier alpha value is -4.21. The van der Waals surface area contributed by atoms with Gasteiger partial charge in [-0.3, -0.25) is 14.5 Å². The Morgan fingerprint density at radius 2 is 1.62 bits per heavy atom. The molecule has 1 aliphatic rings. The lowest BCUT2D eigenvalue weighted by molar-refractivity contribution is -0.132. The summed E-state index contributed by atoms with van der Waals surface area (Å²) in [4.78, 5) is 40.4. The molecular formula is C29H25Cl2NO8. The van der Waals surface area contributed by atoms with E-state index in [-0.39, 0.29) is 44.9 Å². The fourth-order valence-corrected chi connectivity index (χ4v) is 5.18. The fraction of sp³-hybridized carbons (Fsp3) is 0.207. The summed E-state index contributed by atoms with van der Waals surface area (Å²) in [5.74, 6) is -2.36. The molecule has 1 atom stereocenters. The molecule has 0 aromatic heterocycles. The fourth-order valence-electron chi connectivity index (χ4n) is 4.49. The number of halogens is 2. The monoisotopic (exact) mass is 585 g/mol. The van der Waals surface area contributed by atoms with Gasteiger partial charge < -0.3 is 24.1 Å². The zero-order chi connectivity index (χ0) is 29.1. The summed E-state index contributed by atoms with van der Waals surface area (Å²) >= 11 is 12.8. The van der Waals surface area contributed by atoms with Crippen LogP contribution in [0.3, 0.4) is 0 Å². The van der Waals surface area contributed by atoms with E-state index in [1.165, 1.54) is 56.6 Å². The van der Waals surface area contributed by atoms with E-state index in [1.807, 2.05) is 0 Å². The molecule has 0 saturated carbocycles. The van der Waals surface area contributed by atoms with Crippen LogP contribution in [0.25, 0.3) is 5.76 Å². The Kier molecular flexibility index (Phi) is 8.56. The first-order valence-electron chi connectivity index (χ1n) is 12.0. The number of hydrogen-bond acceptors (Lipinski definition) is 8. The number of benzene rings is 3. The number of esters is 1. The molecule has 9 nitrogen and oxygen atoms in total. The molecule has 3 aromatic rings. The first-order valence-corrected chi connectivity index (χ1v) is 12.8. The minimum atomic E-state index is -1.09. The number of anilines is 1. The second kappa shape index (κ2) is 11.9. The molecular weight excluding hydrogens is 561 g/mol. The number of methoxy groups -OCH3 is 3. The van der Waals surface area contributed by atoms with Crippen molar-refractivity contribution < 1.29 is 38.4 Å². The number of Topliss-reactive ketones (excluding diaryl/α,β-unsaturated/α-hetero) is 1. The van der Waals surface area contributed by atoms with Gasteiger partial charge in [0.05, 0.1) is 55.7 Å². The largest absolute Gasteiger partial charge is 0.507 e. The molecule has 40 heavy (non-hydrogen) atoms. The molecule has 1 N–H and O–H groups in total. The van der Waals surface area contributed by atoms with Crippen LogP contribution < -0.4 is 19.1 Å². The highest BCUT2D eigenvalue weighted by Gasteiger charge is 2.47. The predicted octanol–water partition coefficient (Wildman–Crippen LogP) is 5.82. The van der Waals surface area contributed by atoms with Gasteiger partial charge in [-0.15, -0.1) is 0 Å². The van der Waals surface area contributed by atoms with Crippen molar-refractivity contribution >= 4 is 52.3 Å². The zero-order valence-corrected chi connectivity index (χ0v) is 23.5. The van der Waals surface area contributed by atoms with Gasteiger partial charge >= 0.3 is 5.97 Å². The van der Waals surface area contributed by atoms with Crippen LogP contribution in [0.15, 0.2) is 60.2 Å². The summed E-state index contributed by atoms with van der Waals surface area (Å²) in [6.07, 6.45) is 0. The second-order valence-electron chi connectivity index (χ2n) is 8.50. The van der Waals surface area contributed by atoms with Crippen molar-refractivity contribution in [3.8, 4) is 17.2 Å². The van der Waals surface area contributed by atoms with Gasteiger partial charge in [0.2, 0.25) is 0 Å². The van der Waals surface area contributed by atoms with E-state index in [0.29, 0.717) is 17.0 Å². The Morgan fingerprint density at radius 1 is 0.950 bits per heavy atom. The van der Waals surface area contributed by atoms with Gasteiger partial charge in [-0.05, 0) is 55.0 Å². The second-order valence-corrected chi connectivity index (χ2v) is 9.28. The third-order valence-corrected chi connectivity index (χ3v) is 6.93. The van der Waals surface area contributed by atoms with Crippen LogP contribution in [-0.2, 0) is 14.3 Å². The van der Waals surface area contributed by atoms with E-state index in [0.717, 1.165) is 0 Å². The lowest BCUT2D eigenvalue weighted by Crippen LogP contribution is -2.29. The third-order valence-electron chi connectivity index (χ3n) is 6.31. The highest BCUT2D eigenvalue weighted by Crippen LogP contribution is 2.48. The smallest absolute Gasteiger partial charge is 0.338 e. The first-order chi connectivity index (χ1) is 19.2. The number of carbonyl (C=O) groups excluding carboxylic acids is 3. The molecule has 1 amide bonds. The van der Waals surface area contributed by atoms with Gasteiger partial charge in [-0.2, -0.15) is 0 Å². The van der Waals surface area contributed by atoms with Gasteiger partial charge in [0.1, 0.15) is 16.5 Å². The number of rotatable bonds is 8. The number of hydrogen-bond donors (Lipinski definition) is 1. The molecule has 1 unspecified atom stereocenters. The zero-order valence-electron chi connectivity index (χ0n) is 22.0. The van der Waals surface area contributed by atoms with Crippen LogP contribution in [-0.4, -0.2) is 50.7 Å². The maximum absolute atomic E-state index is 13.5. The quantitative estimate of drug-likeness (QED) is 0.152. The average molecular weight is 586 g/mol. The van der Waals surface area contributed by atoms with E-state index in [1.54, 1.807) is 31.2 Å². The molecule has 1 aliphatic heterocycles. The van der Waals surface area contributed by atoms with Crippen LogP contribution in [0, 0.1) is 0 Å². The first kappa shape index (κ1) is 28.8. The summed E-state index contributed by atoms with van der Waals surface area (Å²) in [6, 6.07) is 13.0. The topological polar surface area (TPSA) is 112 Å². The minimum absolute atomic E-state index is 0.00482. The molecule has 1 saturated heterocycles. The molecule has 0 radical (unpaired) electrons. The predicted molar refractivity (Wildman–Crippen MR) is 150 cm³/mol. The summed E-state index contributed by atoms with van der Waals surface area (Å²) in [5, 5.41) is 11.6. The molecule has 0 aliphatic carbocycles. The van der Waals surface area contributed by atoms with Gasteiger partial charge in [0.15, 0.2) is 11.5 Å². The van der Waals surface area contributed by atoms with E-state index in [2.05, 4.69) is 0 Å². The Morgan fingerprint density at radius 3 is 2.23 bits per heavy atom. The standard InChI is InChI=1S/C29H25Cl2NO8/c1-5-40-29(36)15-9-11-17(12-10-15)32-23(16-7-6-8-18(13-16)37-2)21(25(34)28(32)35)24(33)19-14-20(30)27(39-4)22(31)26(19)38-3/h6-14,23,33H,5H2,1-4H3/b24-21+. The SMILES string of the molecule is CCOC(=O)c1ccc(N2C(=O)C(=O)/C(=C(/O)c3cc(Cl)c(OC)c(Cl)c3OC)C2c2cccc(OC)c2)cc1. The number of aliphatic hydroxyl groups excluding tert-OH is 1. The lowest BCUT2D eigenvalue weighted by atomic mass is 9.94. The molecule has 208 valence electrons. The lowest BCUT2D eigenvalue weighted by Gasteiger charge is -2.26. The van der Waals surface area contributed by atoms with Crippen LogP contribution in [0.5, 0.6) is 17.2 Å². The molecule has 1 fully saturated rings. The van der Waals surface area contributed by atoms with Crippen molar-refractivity contribution in [3.63, 3.8) is 0 Å². The molecule has 3 aromatic carbocycles. The van der Waals surface area contributed by atoms with E-state index in [9.17, 15) is 19.5 Å². The Labute approximate surface area is 240 Å². The number of nitrogens with zero attached hydrogens (tertiary/aromatic N) is 1. The molecule has 11 heteroatoms. The average Bonchev–Trinajstić information content (AvgIpc) is 3.22. The number of carbonyl (C=O) groups is 3. The van der Waals surface area contributed by atoms with Crippen LogP contribution >= 0.6 is 23.2 Å². The van der Waals surface area contributed by atoms with Crippen molar-refractivity contribution in [1.82, 2.24) is 0 Å². The van der Waals surface area contributed by atoms with Crippen LogP contribution in [0.4, 0.5) is 5.69 Å². The maximum atomic E-state index is 13.5. The molecule has 0 spiro atoms. The Bertz CT molecular complexity index is 1520. The highest BCUT2D eigenvalue weighted by molar-refractivity contribution is 6.52. The summed E-state index contributed by atoms with van der Waals surface area (Å²) in [5.41, 5.74) is 0.802. The van der Waals surface area contributed by atoms with Crippen molar-refractivity contribution in [3.05, 3.63) is 86.9 Å². The van der Waals surface area contributed by atoms with Gasteiger partial charge in [0.25, 0.3) is 11.7 Å². The summed E-state index contributed by atoms with van der Waals surface area (Å²) in [6.45, 7) is 1.89. The van der Waals surface area contributed by atoms with Gasteiger partial charge in [-0.1, -0.05) is 35.3 Å². The maximum Gasteiger partial charge on any atom is 0.338 e. The van der Waals surface area contributed by atoms with E-state index >= 15 is 0 Å². The van der Waals surface area contributed by atoms with Crippen molar-refractivity contribution in [2.45, 2.75) is 13.0 Å². The van der Waals surface area contributed by atoms with E-state index in [4.69, 9.17) is 42.1 Å². The number of ketones is 1. The normalized spacial score (nSPS) is 16.1. The highest BCUT2D eigenvalue weighted by atomic mass is 35.5. The van der Waals surface area contributed by atoms with Gasteiger partial charge in [-0.25, -0.2) is 4.79 Å². The Balaban J connectivity index is 1.96. The summed E-state index contributed by atoms with van der Waals surface area (Å²) < 4.78 is 21.0. The van der Waals surface area contributed by atoms with Crippen molar-refractivity contribution in [1.29, 1.82) is 0 Å². The molecule has 4 rings (SSSR count). The van der Waals surface area contributed by atoms with E-state index < -0.39 is 29.5 Å². The van der Waals surface area contributed by atoms with Crippen LogP contribution in [0.2, 0.25) is 10.0 Å². The molecule has 0 bridgehead atoms. The minimum Gasteiger partial charge on any atom is -0.507 e. The number of amides is 1.